The highest BCUT2D eigenvalue weighted by molar-refractivity contribution is 6.27. The van der Waals surface area contributed by atoms with Gasteiger partial charge < -0.3 is 21.1 Å². The number of carboxylic acids is 2. The first-order chi connectivity index (χ1) is 6.31. The fourth-order valence-corrected chi connectivity index (χ4v) is 0.872. The zero-order valence-electron chi connectivity index (χ0n) is 7.93. The summed E-state index contributed by atoms with van der Waals surface area (Å²) in [5, 5.41) is 24.1. The average molecular weight is 205 g/mol. The van der Waals surface area contributed by atoms with E-state index in [0.29, 0.717) is 12.5 Å². The van der Waals surface area contributed by atoms with Crippen molar-refractivity contribution < 1.29 is 24.9 Å². The smallest absolute Gasteiger partial charge is 0.414 e. The van der Waals surface area contributed by atoms with Gasteiger partial charge in [0.2, 0.25) is 0 Å². The number of carbonyl (C=O) groups is 2. The van der Waals surface area contributed by atoms with Gasteiger partial charge in [0.15, 0.2) is 0 Å². The van der Waals surface area contributed by atoms with Crippen LogP contribution in [0.5, 0.6) is 0 Å². The second kappa shape index (κ2) is 4.92. The van der Waals surface area contributed by atoms with Gasteiger partial charge in [0.05, 0.1) is 5.60 Å². The van der Waals surface area contributed by atoms with E-state index >= 15 is 0 Å². The molecule has 0 amide bonds. The van der Waals surface area contributed by atoms with Crippen molar-refractivity contribution in [1.29, 1.82) is 0 Å². The molecule has 6 nitrogen and oxygen atoms in total. The lowest BCUT2D eigenvalue weighted by Crippen LogP contribution is -2.36. The maximum absolute atomic E-state index is 9.34. The predicted octanol–water partition coefficient (Wildman–Crippen LogP) is -0.738. The van der Waals surface area contributed by atoms with Crippen LogP contribution in [0.1, 0.15) is 19.8 Å². The number of hydrogen-bond donors (Lipinski definition) is 4. The first-order valence-electron chi connectivity index (χ1n) is 4.20. The lowest BCUT2D eigenvalue weighted by molar-refractivity contribution is -0.159. The van der Waals surface area contributed by atoms with Crippen molar-refractivity contribution in [2.75, 3.05) is 6.54 Å². The summed E-state index contributed by atoms with van der Waals surface area (Å²) in [6.07, 6.45) is 2.31. The second-order valence-electron chi connectivity index (χ2n) is 3.45. The van der Waals surface area contributed by atoms with E-state index in [1.54, 1.807) is 0 Å². The van der Waals surface area contributed by atoms with E-state index in [9.17, 15) is 5.11 Å². The topological polar surface area (TPSA) is 121 Å². The van der Waals surface area contributed by atoms with Crippen LogP contribution in [-0.2, 0) is 9.59 Å². The first kappa shape index (κ1) is 12.9. The van der Waals surface area contributed by atoms with Gasteiger partial charge in [0.25, 0.3) is 0 Å². The van der Waals surface area contributed by atoms with E-state index in [-0.39, 0.29) is 0 Å². The molecule has 0 aliphatic heterocycles. The summed E-state index contributed by atoms with van der Waals surface area (Å²) in [5.41, 5.74) is 4.73. The maximum atomic E-state index is 9.34. The molecule has 1 saturated carbocycles. The van der Waals surface area contributed by atoms with Crippen LogP contribution in [0, 0.1) is 5.92 Å². The molecule has 0 aromatic carbocycles. The van der Waals surface area contributed by atoms with Gasteiger partial charge in [-0.1, -0.05) is 0 Å². The summed E-state index contributed by atoms with van der Waals surface area (Å²) in [5.74, 6) is -3.16. The Morgan fingerprint density at radius 1 is 1.36 bits per heavy atom. The van der Waals surface area contributed by atoms with Gasteiger partial charge in [-0.2, -0.15) is 0 Å². The van der Waals surface area contributed by atoms with Crippen molar-refractivity contribution in [2.45, 2.75) is 25.4 Å². The van der Waals surface area contributed by atoms with Crippen molar-refractivity contribution in [3.8, 4) is 0 Å². The Balaban J connectivity index is 0.000000255. The number of hydrogen-bond acceptors (Lipinski definition) is 4. The normalized spacial score (nSPS) is 18.8. The van der Waals surface area contributed by atoms with Gasteiger partial charge in [-0.15, -0.1) is 0 Å². The minimum Gasteiger partial charge on any atom is -0.473 e. The second-order valence-corrected chi connectivity index (χ2v) is 3.45. The van der Waals surface area contributed by atoms with Crippen LogP contribution in [0.25, 0.3) is 0 Å². The molecule has 0 radical (unpaired) electrons. The van der Waals surface area contributed by atoms with Crippen LogP contribution in [0.2, 0.25) is 0 Å². The van der Waals surface area contributed by atoms with Crippen LogP contribution < -0.4 is 5.73 Å². The predicted molar refractivity (Wildman–Crippen MR) is 47.7 cm³/mol. The monoisotopic (exact) mass is 205 g/mol. The minimum atomic E-state index is -1.82. The summed E-state index contributed by atoms with van der Waals surface area (Å²) in [6.45, 7) is 2.21. The zero-order valence-corrected chi connectivity index (χ0v) is 7.93. The molecular weight excluding hydrogens is 190 g/mol. The number of aliphatic hydroxyl groups is 1. The Labute approximate surface area is 81.3 Å². The quantitative estimate of drug-likeness (QED) is 0.441. The summed E-state index contributed by atoms with van der Waals surface area (Å²) in [7, 11) is 0. The molecule has 0 aromatic rings. The number of rotatable bonds is 2. The van der Waals surface area contributed by atoms with E-state index in [2.05, 4.69) is 0 Å². The molecule has 1 aliphatic rings. The Morgan fingerprint density at radius 2 is 1.71 bits per heavy atom. The van der Waals surface area contributed by atoms with Gasteiger partial charge in [-0.25, -0.2) is 9.59 Å². The van der Waals surface area contributed by atoms with Crippen LogP contribution in [-0.4, -0.2) is 39.4 Å². The van der Waals surface area contributed by atoms with Crippen LogP contribution in [0.15, 0.2) is 0 Å². The van der Waals surface area contributed by atoms with Gasteiger partial charge in [-0.3, -0.25) is 0 Å². The molecule has 82 valence electrons. The van der Waals surface area contributed by atoms with E-state index in [1.165, 1.54) is 0 Å². The van der Waals surface area contributed by atoms with Crippen molar-refractivity contribution in [3.05, 3.63) is 0 Å². The van der Waals surface area contributed by atoms with Crippen molar-refractivity contribution in [3.63, 3.8) is 0 Å². The fraction of sp³-hybridized carbons (Fsp3) is 0.750. The molecule has 14 heavy (non-hydrogen) atoms. The lowest BCUT2D eigenvalue weighted by Gasteiger charge is -2.19. The average Bonchev–Trinajstić information content (AvgIpc) is 2.87. The minimum absolute atomic E-state index is 0.400. The molecule has 1 atom stereocenters. The summed E-state index contributed by atoms with van der Waals surface area (Å²) < 4.78 is 0. The molecular formula is C8H15NO5. The van der Waals surface area contributed by atoms with Crippen LogP contribution >= 0.6 is 0 Å². The highest BCUT2D eigenvalue weighted by Gasteiger charge is 2.38. The number of carboxylic acid groups (broad SMARTS) is 2. The van der Waals surface area contributed by atoms with E-state index in [4.69, 9.17) is 25.5 Å². The van der Waals surface area contributed by atoms with Crippen LogP contribution in [0.3, 0.4) is 0 Å². The summed E-state index contributed by atoms with van der Waals surface area (Å²) >= 11 is 0. The van der Waals surface area contributed by atoms with Crippen molar-refractivity contribution in [1.82, 2.24) is 0 Å². The maximum Gasteiger partial charge on any atom is 0.414 e. The SMILES string of the molecule is CC(O)(CN)C1CC1.O=C(O)C(=O)O. The van der Waals surface area contributed by atoms with Gasteiger partial charge >= 0.3 is 11.9 Å². The van der Waals surface area contributed by atoms with Gasteiger partial charge in [0.1, 0.15) is 0 Å². The van der Waals surface area contributed by atoms with Crippen LogP contribution in [0.4, 0.5) is 0 Å². The summed E-state index contributed by atoms with van der Waals surface area (Å²) in [4.78, 5) is 18.2. The van der Waals surface area contributed by atoms with Crippen molar-refractivity contribution in [2.24, 2.45) is 11.7 Å². The molecule has 0 bridgehead atoms. The zero-order chi connectivity index (χ0) is 11.4. The molecule has 1 fully saturated rings. The first-order valence-corrected chi connectivity index (χ1v) is 4.20. The molecule has 0 aromatic heterocycles. The molecule has 1 unspecified atom stereocenters. The molecule has 6 heteroatoms. The Bertz CT molecular complexity index is 210. The molecule has 0 saturated heterocycles. The molecule has 5 N–H and O–H groups in total. The Hall–Kier alpha value is -1.14. The highest BCUT2D eigenvalue weighted by Crippen LogP contribution is 2.38. The third kappa shape index (κ3) is 4.78. The molecule has 0 heterocycles. The summed E-state index contributed by atoms with van der Waals surface area (Å²) in [6, 6.07) is 0. The van der Waals surface area contributed by atoms with Crippen molar-refractivity contribution >= 4 is 11.9 Å². The van der Waals surface area contributed by atoms with Gasteiger partial charge in [0, 0.05) is 6.54 Å². The Morgan fingerprint density at radius 3 is 1.79 bits per heavy atom. The highest BCUT2D eigenvalue weighted by atomic mass is 16.4. The third-order valence-corrected chi connectivity index (χ3v) is 2.05. The molecule has 1 rings (SSSR count). The lowest BCUT2D eigenvalue weighted by atomic mass is 10.0. The fourth-order valence-electron chi connectivity index (χ4n) is 0.872. The van der Waals surface area contributed by atoms with E-state index < -0.39 is 17.5 Å². The molecule has 1 aliphatic carbocycles. The Kier molecular flexibility index (Phi) is 4.52. The van der Waals surface area contributed by atoms with E-state index in [0.717, 1.165) is 12.8 Å². The number of aliphatic carboxylic acids is 2. The van der Waals surface area contributed by atoms with E-state index in [1.807, 2.05) is 6.92 Å². The standard InChI is InChI=1S/C6H13NO.C2H2O4/c1-6(8,4-7)5-2-3-5;3-1(4)2(5)6/h5,8H,2-4,7H2,1H3;(H,3,4)(H,5,6). The molecule has 0 spiro atoms. The largest absolute Gasteiger partial charge is 0.473 e. The number of nitrogens with two attached hydrogens (primary N) is 1. The van der Waals surface area contributed by atoms with Gasteiger partial charge in [-0.05, 0) is 25.7 Å². The third-order valence-electron chi connectivity index (χ3n) is 2.05.